The maximum Gasteiger partial charge on any atom is 0.407 e. The van der Waals surface area contributed by atoms with Gasteiger partial charge in [-0.3, -0.25) is 0 Å². The molecule has 0 radical (unpaired) electrons. The van der Waals surface area contributed by atoms with Gasteiger partial charge >= 0.3 is 6.09 Å². The number of benzene rings is 1. The zero-order chi connectivity index (χ0) is 18.7. The monoisotopic (exact) mass is 339 g/mol. The van der Waals surface area contributed by atoms with Gasteiger partial charge in [0.15, 0.2) is 0 Å². The number of ether oxygens (including phenoxy) is 1. The molecule has 0 bridgehead atoms. The van der Waals surface area contributed by atoms with Gasteiger partial charge in [0, 0.05) is 12.1 Å². The number of phenolic OH excluding ortho intramolecular Hbond substituents is 1. The minimum atomic E-state index is -1.33. The summed E-state index contributed by atoms with van der Waals surface area (Å²) in [5, 5.41) is 33.2. The number of para-hydroxylation sites is 1. The van der Waals surface area contributed by atoms with Crippen LogP contribution in [0.1, 0.15) is 58.8 Å². The number of nitrogens with one attached hydrogen (secondary N) is 1. The Kier molecular flexibility index (Phi) is 6.25. The normalized spacial score (nSPS) is 14.8. The predicted octanol–water partition coefficient (Wildman–Crippen LogP) is 2.61. The van der Waals surface area contributed by atoms with Gasteiger partial charge in [0.05, 0.1) is 0 Å². The standard InChI is InChI=1S/C18H29NO5/c1-17(2,3)12-9-7-8-11(14(12)21)15(22)13(20)10-19-16(23)24-18(4,5)6/h7-9,13,15,20-22H,10H2,1-6H3,(H,19,23). The molecule has 2 unspecified atom stereocenters. The van der Waals surface area contributed by atoms with Crippen molar-refractivity contribution in [3.63, 3.8) is 0 Å². The van der Waals surface area contributed by atoms with Crippen LogP contribution in [-0.4, -0.2) is 39.7 Å². The molecule has 0 heterocycles. The number of aliphatic hydroxyl groups excluding tert-OH is 2. The lowest BCUT2D eigenvalue weighted by Crippen LogP contribution is -2.38. The number of hydrogen-bond acceptors (Lipinski definition) is 5. The Hall–Kier alpha value is -1.79. The molecular weight excluding hydrogens is 310 g/mol. The van der Waals surface area contributed by atoms with E-state index in [2.05, 4.69) is 5.32 Å². The van der Waals surface area contributed by atoms with Crippen molar-refractivity contribution in [1.29, 1.82) is 0 Å². The van der Waals surface area contributed by atoms with E-state index >= 15 is 0 Å². The summed E-state index contributed by atoms with van der Waals surface area (Å²) in [6, 6.07) is 5.04. The average molecular weight is 339 g/mol. The maximum atomic E-state index is 11.6. The van der Waals surface area contributed by atoms with E-state index in [0.717, 1.165) is 0 Å². The molecule has 0 saturated carbocycles. The molecule has 4 N–H and O–H groups in total. The lowest BCUT2D eigenvalue weighted by atomic mass is 9.84. The molecule has 1 rings (SSSR count). The number of amides is 1. The zero-order valence-electron chi connectivity index (χ0n) is 15.3. The largest absolute Gasteiger partial charge is 0.507 e. The van der Waals surface area contributed by atoms with Crippen LogP contribution in [0.25, 0.3) is 0 Å². The van der Waals surface area contributed by atoms with Gasteiger partial charge in [0.2, 0.25) is 0 Å². The van der Waals surface area contributed by atoms with Crippen molar-refractivity contribution in [3.05, 3.63) is 29.3 Å². The molecule has 24 heavy (non-hydrogen) atoms. The Morgan fingerprint density at radius 2 is 1.75 bits per heavy atom. The highest BCUT2D eigenvalue weighted by Gasteiger charge is 2.27. The molecule has 0 saturated heterocycles. The SMILES string of the molecule is CC(C)(C)OC(=O)NCC(O)C(O)c1cccc(C(C)(C)C)c1O. The fraction of sp³-hybridized carbons (Fsp3) is 0.611. The number of aromatic hydroxyl groups is 1. The molecule has 136 valence electrons. The van der Waals surface area contributed by atoms with Gasteiger partial charge in [-0.2, -0.15) is 0 Å². The molecule has 0 spiro atoms. The summed E-state index contributed by atoms with van der Waals surface area (Å²) in [6.45, 7) is 10.8. The van der Waals surface area contributed by atoms with Crippen LogP contribution in [0, 0.1) is 0 Å². The summed E-state index contributed by atoms with van der Waals surface area (Å²) in [6.07, 6.45) is -3.29. The van der Waals surface area contributed by atoms with Crippen molar-refractivity contribution in [2.75, 3.05) is 6.54 Å². The third-order valence-corrected chi connectivity index (χ3v) is 3.41. The van der Waals surface area contributed by atoms with Crippen LogP contribution < -0.4 is 5.32 Å². The molecule has 1 amide bonds. The lowest BCUT2D eigenvalue weighted by molar-refractivity contribution is 0.0118. The van der Waals surface area contributed by atoms with Gasteiger partial charge in [0.1, 0.15) is 23.6 Å². The molecule has 1 aromatic rings. The summed E-state index contributed by atoms with van der Waals surface area (Å²) < 4.78 is 5.07. The number of phenols is 1. The Morgan fingerprint density at radius 3 is 2.25 bits per heavy atom. The predicted molar refractivity (Wildman–Crippen MR) is 92.0 cm³/mol. The molecule has 1 aromatic carbocycles. The van der Waals surface area contributed by atoms with E-state index in [0.29, 0.717) is 5.56 Å². The Labute approximate surface area is 143 Å². The summed E-state index contributed by atoms with van der Waals surface area (Å²) in [5.74, 6) is -0.0474. The van der Waals surface area contributed by atoms with E-state index in [1.807, 2.05) is 20.8 Å². The number of rotatable bonds is 4. The first kappa shape index (κ1) is 20.3. The van der Waals surface area contributed by atoms with Crippen LogP contribution in [0.15, 0.2) is 18.2 Å². The summed E-state index contributed by atoms with van der Waals surface area (Å²) in [4.78, 5) is 11.6. The third kappa shape index (κ3) is 5.69. The van der Waals surface area contributed by atoms with Gasteiger partial charge in [0.25, 0.3) is 0 Å². The molecular formula is C18H29NO5. The smallest absolute Gasteiger partial charge is 0.407 e. The van der Waals surface area contributed by atoms with Crippen molar-refractivity contribution in [2.45, 2.75) is 64.8 Å². The second kappa shape index (κ2) is 7.40. The minimum absolute atomic E-state index is 0.0474. The molecule has 0 aliphatic heterocycles. The van der Waals surface area contributed by atoms with Crippen molar-refractivity contribution in [2.24, 2.45) is 0 Å². The highest BCUT2D eigenvalue weighted by Crippen LogP contribution is 2.36. The van der Waals surface area contributed by atoms with Crippen molar-refractivity contribution >= 4 is 6.09 Å². The summed E-state index contributed by atoms with van der Waals surface area (Å²) in [5.41, 5.74) is -0.0563. The fourth-order valence-electron chi connectivity index (χ4n) is 2.23. The number of carbonyl (C=O) groups excluding carboxylic acids is 1. The first-order valence-electron chi connectivity index (χ1n) is 7.98. The van der Waals surface area contributed by atoms with E-state index in [1.165, 1.54) is 0 Å². The van der Waals surface area contributed by atoms with Crippen molar-refractivity contribution in [1.82, 2.24) is 5.32 Å². The van der Waals surface area contributed by atoms with Gasteiger partial charge in [-0.15, -0.1) is 0 Å². The van der Waals surface area contributed by atoms with Gasteiger partial charge in [-0.25, -0.2) is 4.79 Å². The van der Waals surface area contributed by atoms with Crippen LogP contribution >= 0.6 is 0 Å². The molecule has 0 fully saturated rings. The van der Waals surface area contributed by atoms with Crippen LogP contribution in [0.3, 0.4) is 0 Å². The van der Waals surface area contributed by atoms with Crippen LogP contribution in [-0.2, 0) is 10.2 Å². The molecule has 0 aliphatic rings. The lowest BCUT2D eigenvalue weighted by Gasteiger charge is -2.25. The van der Waals surface area contributed by atoms with E-state index in [4.69, 9.17) is 4.74 Å². The van der Waals surface area contributed by atoms with E-state index in [-0.39, 0.29) is 23.3 Å². The number of carbonyl (C=O) groups is 1. The third-order valence-electron chi connectivity index (χ3n) is 3.41. The van der Waals surface area contributed by atoms with Crippen molar-refractivity contribution < 1.29 is 24.9 Å². The Balaban J connectivity index is 2.80. The second-order valence-electron chi connectivity index (χ2n) is 7.89. The summed E-state index contributed by atoms with van der Waals surface area (Å²) >= 11 is 0. The first-order valence-corrected chi connectivity index (χ1v) is 7.98. The first-order chi connectivity index (χ1) is 10.8. The van der Waals surface area contributed by atoms with Crippen LogP contribution in [0.4, 0.5) is 4.79 Å². The second-order valence-corrected chi connectivity index (χ2v) is 7.89. The van der Waals surface area contributed by atoms with E-state index in [1.54, 1.807) is 39.0 Å². The average Bonchev–Trinajstić information content (AvgIpc) is 2.41. The zero-order valence-corrected chi connectivity index (χ0v) is 15.3. The van der Waals surface area contributed by atoms with Crippen molar-refractivity contribution in [3.8, 4) is 5.75 Å². The number of hydrogen-bond donors (Lipinski definition) is 4. The molecule has 0 aliphatic carbocycles. The van der Waals surface area contributed by atoms with E-state index in [9.17, 15) is 20.1 Å². The van der Waals surface area contributed by atoms with Crippen LogP contribution in [0.5, 0.6) is 5.75 Å². The van der Waals surface area contributed by atoms with Gasteiger partial charge in [-0.05, 0) is 31.7 Å². The van der Waals surface area contributed by atoms with Crippen LogP contribution in [0.2, 0.25) is 0 Å². The minimum Gasteiger partial charge on any atom is -0.507 e. The van der Waals surface area contributed by atoms with E-state index < -0.39 is 23.9 Å². The molecule has 6 nitrogen and oxygen atoms in total. The fourth-order valence-corrected chi connectivity index (χ4v) is 2.23. The molecule has 6 heteroatoms. The highest BCUT2D eigenvalue weighted by atomic mass is 16.6. The number of aliphatic hydroxyl groups is 2. The maximum absolute atomic E-state index is 11.6. The molecule has 2 atom stereocenters. The highest BCUT2D eigenvalue weighted by molar-refractivity contribution is 5.67. The van der Waals surface area contributed by atoms with Gasteiger partial charge < -0.3 is 25.4 Å². The van der Waals surface area contributed by atoms with Gasteiger partial charge in [-0.1, -0.05) is 39.0 Å². The number of alkyl carbamates (subject to hydrolysis) is 1. The Morgan fingerprint density at radius 1 is 1.17 bits per heavy atom. The molecule has 0 aromatic heterocycles. The Bertz CT molecular complexity index is 572. The topological polar surface area (TPSA) is 99.0 Å². The quantitative estimate of drug-likeness (QED) is 0.676. The summed E-state index contributed by atoms with van der Waals surface area (Å²) in [7, 11) is 0.